The van der Waals surface area contributed by atoms with Crippen molar-refractivity contribution >= 4 is 35.1 Å². The number of ketones is 3. The highest BCUT2D eigenvalue weighted by molar-refractivity contribution is 5.94. The van der Waals surface area contributed by atoms with E-state index in [1.807, 2.05) is 27.7 Å². The molecule has 0 radical (unpaired) electrons. The molecule has 0 saturated carbocycles. The molecule has 0 aromatic heterocycles. The number of amides is 3. The number of unbranched alkanes of at least 4 members (excludes halogenated alkanes) is 2. The Bertz CT molecular complexity index is 775. The lowest BCUT2D eigenvalue weighted by atomic mass is 9.88. The average molecular weight is 510 g/mol. The van der Waals surface area contributed by atoms with Gasteiger partial charge in [-0.2, -0.15) is 0 Å². The normalized spacial score (nSPS) is 13.8. The summed E-state index contributed by atoms with van der Waals surface area (Å²) in [5.74, 6) is -2.81. The number of rotatable bonds is 19. The first-order valence-electron chi connectivity index (χ1n) is 13.1. The average Bonchev–Trinajstić information content (AvgIpc) is 2.76. The van der Waals surface area contributed by atoms with E-state index in [0.29, 0.717) is 12.8 Å². The van der Waals surface area contributed by atoms with Crippen molar-refractivity contribution in [1.82, 2.24) is 10.6 Å². The molecule has 3 amide bonds. The lowest BCUT2D eigenvalue weighted by Crippen LogP contribution is -2.48. The van der Waals surface area contributed by atoms with Gasteiger partial charge in [-0.25, -0.2) is 0 Å². The Hall–Kier alpha value is -2.58. The summed E-state index contributed by atoms with van der Waals surface area (Å²) in [4.78, 5) is 73.6. The minimum atomic E-state index is -0.851. The van der Waals surface area contributed by atoms with Gasteiger partial charge >= 0.3 is 0 Å². The quantitative estimate of drug-likeness (QED) is 0.228. The summed E-state index contributed by atoms with van der Waals surface area (Å²) in [6, 6.07) is -1.48. The summed E-state index contributed by atoms with van der Waals surface area (Å²) in [5, 5.41) is 5.42. The Morgan fingerprint density at radius 2 is 1.17 bits per heavy atom. The molecule has 0 aliphatic heterocycles. The highest BCUT2D eigenvalue weighted by Crippen LogP contribution is 2.18. The maximum Gasteiger partial charge on any atom is 0.224 e. The first-order chi connectivity index (χ1) is 16.7. The van der Waals surface area contributed by atoms with Gasteiger partial charge in [-0.1, -0.05) is 48.0 Å². The third-order valence-electron chi connectivity index (χ3n) is 6.23. The van der Waals surface area contributed by atoms with E-state index in [2.05, 4.69) is 10.6 Å². The third-order valence-corrected chi connectivity index (χ3v) is 6.23. The minimum Gasteiger partial charge on any atom is -0.370 e. The van der Waals surface area contributed by atoms with Crippen LogP contribution in [0, 0.1) is 23.7 Å². The molecular formula is C27H47N3O6. The van der Waals surface area contributed by atoms with Crippen LogP contribution in [0.3, 0.4) is 0 Å². The number of nitrogens with two attached hydrogens (primary N) is 1. The molecule has 0 bridgehead atoms. The van der Waals surface area contributed by atoms with Gasteiger partial charge in [0, 0.05) is 44.4 Å². The minimum absolute atomic E-state index is 0.00983. The van der Waals surface area contributed by atoms with Crippen molar-refractivity contribution < 1.29 is 28.8 Å². The third kappa shape index (κ3) is 13.5. The summed E-state index contributed by atoms with van der Waals surface area (Å²) < 4.78 is 0. The van der Waals surface area contributed by atoms with Crippen LogP contribution in [-0.2, 0) is 28.8 Å². The second-order valence-electron chi connectivity index (χ2n) is 10.7. The van der Waals surface area contributed by atoms with Crippen LogP contribution >= 0.6 is 0 Å². The van der Waals surface area contributed by atoms with E-state index in [1.165, 1.54) is 6.92 Å². The van der Waals surface area contributed by atoms with Gasteiger partial charge < -0.3 is 16.4 Å². The van der Waals surface area contributed by atoms with Gasteiger partial charge in [0.15, 0.2) is 11.6 Å². The lowest BCUT2D eigenvalue weighted by molar-refractivity contribution is -0.135. The Labute approximate surface area is 216 Å². The van der Waals surface area contributed by atoms with Crippen molar-refractivity contribution in [2.24, 2.45) is 29.4 Å². The highest BCUT2D eigenvalue weighted by atomic mass is 16.2. The second kappa shape index (κ2) is 17.0. The molecule has 0 aromatic carbocycles. The lowest BCUT2D eigenvalue weighted by Gasteiger charge is -2.26. The van der Waals surface area contributed by atoms with Crippen molar-refractivity contribution in [3.63, 3.8) is 0 Å². The zero-order valence-corrected chi connectivity index (χ0v) is 23.1. The standard InChI is InChI=1S/C27H47N3O6/c1-16(2)21(32)11-9-8-10-12-22(33)25(17(3)4)30-27(36)20(13-14-24(28)35)15-23(34)26(18(5)6)29-19(7)31/h16-18,20,25-26H,8-15H2,1-7H3,(H2,28,35)(H,29,31)(H,30,36). The summed E-state index contributed by atoms with van der Waals surface area (Å²) in [5.41, 5.74) is 5.27. The molecule has 0 aliphatic rings. The Morgan fingerprint density at radius 1 is 0.667 bits per heavy atom. The van der Waals surface area contributed by atoms with Crippen LogP contribution in [0.4, 0.5) is 0 Å². The Kier molecular flexibility index (Phi) is 15.8. The van der Waals surface area contributed by atoms with Crippen LogP contribution in [0.1, 0.15) is 99.8 Å². The number of primary amides is 1. The van der Waals surface area contributed by atoms with E-state index in [4.69, 9.17) is 5.73 Å². The molecule has 0 rings (SSSR count). The Morgan fingerprint density at radius 3 is 1.61 bits per heavy atom. The van der Waals surface area contributed by atoms with E-state index in [1.54, 1.807) is 13.8 Å². The van der Waals surface area contributed by atoms with Crippen molar-refractivity contribution in [3.8, 4) is 0 Å². The van der Waals surface area contributed by atoms with Gasteiger partial charge in [-0.15, -0.1) is 0 Å². The Balaban J connectivity index is 5.24. The number of hydrogen-bond donors (Lipinski definition) is 3. The fourth-order valence-electron chi connectivity index (χ4n) is 3.96. The molecule has 0 saturated heterocycles. The number of Topliss-reactive ketones (excluding diaryl/α,β-unsaturated/α-hetero) is 3. The van der Waals surface area contributed by atoms with Crippen LogP contribution in [0.25, 0.3) is 0 Å². The molecule has 0 aromatic rings. The zero-order chi connectivity index (χ0) is 28.0. The molecule has 36 heavy (non-hydrogen) atoms. The maximum atomic E-state index is 13.1. The maximum absolute atomic E-state index is 13.1. The van der Waals surface area contributed by atoms with Gasteiger partial charge in [0.2, 0.25) is 17.7 Å². The number of nitrogens with one attached hydrogen (secondary N) is 2. The van der Waals surface area contributed by atoms with E-state index in [0.717, 1.165) is 12.8 Å². The summed E-state index contributed by atoms with van der Waals surface area (Å²) in [6.45, 7) is 12.3. The number of carbonyl (C=O) groups excluding carboxylic acids is 6. The topological polar surface area (TPSA) is 152 Å². The highest BCUT2D eigenvalue weighted by Gasteiger charge is 2.32. The molecule has 0 heterocycles. The van der Waals surface area contributed by atoms with Crippen LogP contribution in [0.2, 0.25) is 0 Å². The molecule has 9 nitrogen and oxygen atoms in total. The SMILES string of the molecule is CC(=O)NC(C(=O)CC(CCC(N)=O)C(=O)NC(C(=O)CCCCCC(=O)C(C)C)C(C)C)C(C)C. The van der Waals surface area contributed by atoms with E-state index >= 15 is 0 Å². The molecular weight excluding hydrogens is 462 g/mol. The van der Waals surface area contributed by atoms with Crippen molar-refractivity contribution in [1.29, 1.82) is 0 Å². The van der Waals surface area contributed by atoms with Gasteiger partial charge in [0.25, 0.3) is 0 Å². The zero-order valence-electron chi connectivity index (χ0n) is 23.1. The first kappa shape index (κ1) is 33.4. The molecule has 0 aliphatic carbocycles. The molecule has 9 heteroatoms. The predicted octanol–water partition coefficient (Wildman–Crippen LogP) is 2.87. The van der Waals surface area contributed by atoms with Gasteiger partial charge in [-0.05, 0) is 31.1 Å². The summed E-state index contributed by atoms with van der Waals surface area (Å²) in [7, 11) is 0. The number of hydrogen-bond acceptors (Lipinski definition) is 6. The predicted molar refractivity (Wildman–Crippen MR) is 139 cm³/mol. The van der Waals surface area contributed by atoms with Crippen LogP contribution in [-0.4, -0.2) is 47.2 Å². The summed E-state index contributed by atoms with van der Waals surface area (Å²) >= 11 is 0. The van der Waals surface area contributed by atoms with Crippen LogP contribution in [0.15, 0.2) is 0 Å². The van der Waals surface area contributed by atoms with Crippen LogP contribution in [0.5, 0.6) is 0 Å². The van der Waals surface area contributed by atoms with Crippen LogP contribution < -0.4 is 16.4 Å². The van der Waals surface area contributed by atoms with Crippen molar-refractivity contribution in [2.45, 2.75) is 112 Å². The van der Waals surface area contributed by atoms with Crippen molar-refractivity contribution in [3.05, 3.63) is 0 Å². The largest absolute Gasteiger partial charge is 0.370 e. The van der Waals surface area contributed by atoms with Gasteiger partial charge in [0.1, 0.15) is 5.78 Å². The van der Waals surface area contributed by atoms with E-state index in [-0.39, 0.29) is 66.7 Å². The molecule has 4 N–H and O–H groups in total. The van der Waals surface area contributed by atoms with Crippen molar-refractivity contribution in [2.75, 3.05) is 0 Å². The fraction of sp³-hybridized carbons (Fsp3) is 0.778. The smallest absolute Gasteiger partial charge is 0.224 e. The molecule has 0 fully saturated rings. The van der Waals surface area contributed by atoms with Gasteiger partial charge in [-0.3, -0.25) is 28.8 Å². The monoisotopic (exact) mass is 509 g/mol. The summed E-state index contributed by atoms with van der Waals surface area (Å²) in [6.07, 6.45) is 2.70. The molecule has 3 unspecified atom stereocenters. The molecule has 3 atom stereocenters. The van der Waals surface area contributed by atoms with Gasteiger partial charge in [0.05, 0.1) is 12.1 Å². The van der Waals surface area contributed by atoms with E-state index < -0.39 is 29.8 Å². The number of carbonyl (C=O) groups is 6. The fourth-order valence-corrected chi connectivity index (χ4v) is 3.96. The molecule has 206 valence electrons. The molecule has 0 spiro atoms. The first-order valence-corrected chi connectivity index (χ1v) is 13.1. The van der Waals surface area contributed by atoms with E-state index in [9.17, 15) is 28.8 Å². The second-order valence-corrected chi connectivity index (χ2v) is 10.7.